The molecule has 1 aliphatic carbocycles. The summed E-state index contributed by atoms with van der Waals surface area (Å²) in [5, 5.41) is 3.04. The first-order chi connectivity index (χ1) is 7.71. The van der Waals surface area contributed by atoms with Crippen molar-refractivity contribution >= 4 is 18.3 Å². The molecule has 0 spiro atoms. The Morgan fingerprint density at radius 2 is 2.24 bits per heavy atom. The number of nitrogens with one attached hydrogen (secondary N) is 1. The monoisotopic (exact) mass is 264 g/mol. The van der Waals surface area contributed by atoms with Gasteiger partial charge in [0.1, 0.15) is 6.10 Å². The van der Waals surface area contributed by atoms with Gasteiger partial charge in [0.25, 0.3) is 5.91 Å². The average Bonchev–Trinajstić information content (AvgIpc) is 2.31. The van der Waals surface area contributed by atoms with Gasteiger partial charge in [-0.3, -0.25) is 4.79 Å². The second-order valence-corrected chi connectivity index (χ2v) is 4.61. The standard InChI is InChI=1S/C12H24N2O2.ClH/c1-3-9-5-4-6-10(7-9)14-12(15)11(8-13)16-2;/h9-11H,3-8,13H2,1-2H3,(H,14,15);1H. The van der Waals surface area contributed by atoms with E-state index < -0.39 is 6.10 Å². The van der Waals surface area contributed by atoms with E-state index in [1.54, 1.807) is 0 Å². The van der Waals surface area contributed by atoms with Gasteiger partial charge in [0.2, 0.25) is 0 Å². The van der Waals surface area contributed by atoms with Crippen LogP contribution in [0.25, 0.3) is 0 Å². The minimum atomic E-state index is -0.498. The number of ether oxygens (including phenoxy) is 1. The highest BCUT2D eigenvalue weighted by atomic mass is 35.5. The number of carbonyl (C=O) groups excluding carboxylic acids is 1. The molecule has 3 atom stereocenters. The topological polar surface area (TPSA) is 64.4 Å². The van der Waals surface area contributed by atoms with Crippen molar-refractivity contribution in [1.29, 1.82) is 0 Å². The number of hydrogen-bond acceptors (Lipinski definition) is 3. The van der Waals surface area contributed by atoms with E-state index in [9.17, 15) is 4.79 Å². The minimum Gasteiger partial charge on any atom is -0.370 e. The molecule has 0 heterocycles. The number of rotatable bonds is 5. The summed E-state index contributed by atoms with van der Waals surface area (Å²) >= 11 is 0. The fourth-order valence-corrected chi connectivity index (χ4v) is 2.40. The van der Waals surface area contributed by atoms with Crippen LogP contribution in [0.15, 0.2) is 0 Å². The molecule has 5 heteroatoms. The first kappa shape index (κ1) is 16.7. The van der Waals surface area contributed by atoms with Gasteiger partial charge in [-0.1, -0.05) is 26.2 Å². The fourth-order valence-electron chi connectivity index (χ4n) is 2.40. The first-order valence-corrected chi connectivity index (χ1v) is 6.24. The van der Waals surface area contributed by atoms with Crippen molar-refractivity contribution in [2.24, 2.45) is 11.7 Å². The molecule has 1 rings (SSSR count). The largest absolute Gasteiger partial charge is 0.370 e. The van der Waals surface area contributed by atoms with Crippen molar-refractivity contribution < 1.29 is 9.53 Å². The number of methoxy groups -OCH3 is 1. The van der Waals surface area contributed by atoms with Crippen molar-refractivity contribution in [2.45, 2.75) is 51.2 Å². The lowest BCUT2D eigenvalue weighted by atomic mass is 9.84. The summed E-state index contributed by atoms with van der Waals surface area (Å²) in [6.07, 6.45) is 5.41. The average molecular weight is 265 g/mol. The van der Waals surface area contributed by atoms with Crippen molar-refractivity contribution in [3.05, 3.63) is 0 Å². The summed E-state index contributed by atoms with van der Waals surface area (Å²) in [5.74, 6) is 0.699. The molecule has 1 saturated carbocycles. The van der Waals surface area contributed by atoms with Crippen LogP contribution in [-0.2, 0) is 9.53 Å². The molecule has 0 saturated heterocycles. The Kier molecular flexibility index (Phi) is 8.56. The highest BCUT2D eigenvalue weighted by molar-refractivity contribution is 5.85. The first-order valence-electron chi connectivity index (χ1n) is 6.24. The molecule has 3 N–H and O–H groups in total. The lowest BCUT2D eigenvalue weighted by Crippen LogP contribution is -2.46. The molecule has 102 valence electrons. The maximum atomic E-state index is 11.8. The number of nitrogens with two attached hydrogens (primary N) is 1. The lowest BCUT2D eigenvalue weighted by molar-refractivity contribution is -0.131. The van der Waals surface area contributed by atoms with Gasteiger partial charge in [-0.05, 0) is 18.8 Å². The van der Waals surface area contributed by atoms with E-state index in [2.05, 4.69) is 12.2 Å². The van der Waals surface area contributed by atoms with E-state index in [0.717, 1.165) is 18.8 Å². The van der Waals surface area contributed by atoms with Gasteiger partial charge >= 0.3 is 0 Å². The van der Waals surface area contributed by atoms with Crippen molar-refractivity contribution in [3.63, 3.8) is 0 Å². The summed E-state index contributed by atoms with van der Waals surface area (Å²) in [6, 6.07) is 0.315. The van der Waals surface area contributed by atoms with E-state index in [1.807, 2.05) is 0 Å². The third kappa shape index (κ3) is 5.23. The number of hydrogen-bond donors (Lipinski definition) is 2. The van der Waals surface area contributed by atoms with Crippen LogP contribution in [0, 0.1) is 5.92 Å². The molecule has 0 aromatic heterocycles. The zero-order chi connectivity index (χ0) is 12.0. The maximum Gasteiger partial charge on any atom is 0.250 e. The van der Waals surface area contributed by atoms with Crippen LogP contribution in [0.1, 0.15) is 39.0 Å². The van der Waals surface area contributed by atoms with E-state index >= 15 is 0 Å². The summed E-state index contributed by atoms with van der Waals surface area (Å²) < 4.78 is 5.02. The van der Waals surface area contributed by atoms with Crippen molar-refractivity contribution in [3.8, 4) is 0 Å². The van der Waals surface area contributed by atoms with Gasteiger partial charge in [0, 0.05) is 19.7 Å². The van der Waals surface area contributed by atoms with E-state index in [1.165, 1.54) is 26.4 Å². The molecular weight excluding hydrogens is 240 g/mol. The molecule has 1 fully saturated rings. The van der Waals surface area contributed by atoms with Gasteiger partial charge in [0.05, 0.1) is 0 Å². The van der Waals surface area contributed by atoms with Crippen LogP contribution in [0.3, 0.4) is 0 Å². The Bertz CT molecular complexity index is 223. The minimum absolute atomic E-state index is 0. The zero-order valence-corrected chi connectivity index (χ0v) is 11.6. The van der Waals surface area contributed by atoms with Crippen LogP contribution in [0.4, 0.5) is 0 Å². The zero-order valence-electron chi connectivity index (χ0n) is 10.8. The Labute approximate surface area is 110 Å². The van der Waals surface area contributed by atoms with Crippen LogP contribution in [0.2, 0.25) is 0 Å². The van der Waals surface area contributed by atoms with Gasteiger partial charge in [0.15, 0.2) is 0 Å². The van der Waals surface area contributed by atoms with Crippen LogP contribution in [0.5, 0.6) is 0 Å². The van der Waals surface area contributed by atoms with E-state index in [4.69, 9.17) is 10.5 Å². The fraction of sp³-hybridized carbons (Fsp3) is 0.917. The summed E-state index contributed by atoms with van der Waals surface area (Å²) in [5.41, 5.74) is 5.46. The number of halogens is 1. The molecule has 0 aromatic carbocycles. The normalized spacial score (nSPS) is 25.8. The van der Waals surface area contributed by atoms with Crippen molar-refractivity contribution in [2.75, 3.05) is 13.7 Å². The predicted molar refractivity (Wildman–Crippen MR) is 71.3 cm³/mol. The molecule has 0 radical (unpaired) electrons. The second kappa shape index (κ2) is 8.72. The number of carbonyl (C=O) groups is 1. The third-order valence-electron chi connectivity index (χ3n) is 3.50. The molecule has 0 bridgehead atoms. The van der Waals surface area contributed by atoms with E-state index in [0.29, 0.717) is 6.04 Å². The summed E-state index contributed by atoms with van der Waals surface area (Å²) in [4.78, 5) is 11.8. The van der Waals surface area contributed by atoms with Gasteiger partial charge < -0.3 is 15.8 Å². The molecule has 17 heavy (non-hydrogen) atoms. The summed E-state index contributed by atoms with van der Waals surface area (Å²) in [7, 11) is 1.52. The van der Waals surface area contributed by atoms with Crippen LogP contribution < -0.4 is 11.1 Å². The predicted octanol–water partition coefficient (Wildman–Crippen LogP) is 1.47. The molecular formula is C12H25ClN2O2. The van der Waals surface area contributed by atoms with Gasteiger partial charge in [-0.2, -0.15) is 0 Å². The smallest absolute Gasteiger partial charge is 0.250 e. The molecule has 1 amide bonds. The quantitative estimate of drug-likeness (QED) is 0.790. The van der Waals surface area contributed by atoms with Gasteiger partial charge in [-0.25, -0.2) is 0 Å². The highest BCUT2D eigenvalue weighted by Gasteiger charge is 2.24. The number of amides is 1. The molecule has 1 aliphatic rings. The Balaban J connectivity index is 0.00000256. The molecule has 4 nitrogen and oxygen atoms in total. The maximum absolute atomic E-state index is 11.8. The molecule has 0 aliphatic heterocycles. The SMILES string of the molecule is CCC1CCCC(NC(=O)C(CN)OC)C1.Cl. The lowest BCUT2D eigenvalue weighted by Gasteiger charge is -2.30. The Morgan fingerprint density at radius 3 is 2.76 bits per heavy atom. The summed E-state index contributed by atoms with van der Waals surface area (Å²) in [6.45, 7) is 2.46. The molecule has 3 unspecified atom stereocenters. The Hall–Kier alpha value is -0.320. The van der Waals surface area contributed by atoms with E-state index in [-0.39, 0.29) is 24.9 Å². The van der Waals surface area contributed by atoms with Gasteiger partial charge in [-0.15, -0.1) is 12.4 Å². The van der Waals surface area contributed by atoms with Crippen molar-refractivity contribution in [1.82, 2.24) is 5.32 Å². The highest BCUT2D eigenvalue weighted by Crippen LogP contribution is 2.26. The second-order valence-electron chi connectivity index (χ2n) is 4.61. The van der Waals surface area contributed by atoms with Crippen LogP contribution in [-0.4, -0.2) is 31.7 Å². The Morgan fingerprint density at radius 1 is 1.53 bits per heavy atom. The van der Waals surface area contributed by atoms with Crippen LogP contribution >= 0.6 is 12.4 Å². The molecule has 0 aromatic rings. The third-order valence-corrected chi connectivity index (χ3v) is 3.50.